The molecular weight excluding hydrogens is 486 g/mol. The summed E-state index contributed by atoms with van der Waals surface area (Å²) in [6.07, 6.45) is -1.03. The first-order valence-corrected chi connectivity index (χ1v) is 11.1. The van der Waals surface area contributed by atoms with Crippen LogP contribution in [0.1, 0.15) is 33.5 Å². The first kappa shape index (κ1) is 26.2. The minimum atomic E-state index is -5.08. The Morgan fingerprint density at radius 2 is 1.63 bits per heavy atom. The largest absolute Gasteiger partial charge is 0.490 e. The highest BCUT2D eigenvalue weighted by molar-refractivity contribution is 6.36. The number of rotatable bonds is 5. The maximum absolute atomic E-state index is 13.4. The van der Waals surface area contributed by atoms with E-state index >= 15 is 0 Å². The number of benzene rings is 3. The third-order valence-electron chi connectivity index (χ3n) is 5.80. The van der Waals surface area contributed by atoms with E-state index in [0.717, 1.165) is 42.4 Å². The van der Waals surface area contributed by atoms with Crippen molar-refractivity contribution in [3.63, 3.8) is 0 Å². The fourth-order valence-electron chi connectivity index (χ4n) is 4.05. The zero-order valence-corrected chi connectivity index (χ0v) is 19.2. The van der Waals surface area contributed by atoms with Crippen LogP contribution in [-0.4, -0.2) is 23.2 Å². The summed E-state index contributed by atoms with van der Waals surface area (Å²) in [5.74, 6) is -2.86. The van der Waals surface area contributed by atoms with Crippen LogP contribution in [0.3, 0.4) is 0 Å². The van der Waals surface area contributed by atoms with Gasteiger partial charge in [-0.15, -0.1) is 0 Å². The quantitative estimate of drug-likeness (QED) is 0.402. The van der Waals surface area contributed by atoms with Crippen LogP contribution < -0.4 is 5.73 Å². The number of amides is 1. The van der Waals surface area contributed by atoms with E-state index in [1.54, 1.807) is 24.3 Å². The molecule has 0 heterocycles. The Hall–Kier alpha value is -3.39. The molecule has 184 valence electrons. The van der Waals surface area contributed by atoms with Gasteiger partial charge in [-0.25, -0.2) is 9.18 Å². The molecule has 0 aromatic heterocycles. The second kappa shape index (κ2) is 10.9. The second-order valence-corrected chi connectivity index (χ2v) is 8.64. The van der Waals surface area contributed by atoms with Gasteiger partial charge in [0, 0.05) is 5.56 Å². The summed E-state index contributed by atoms with van der Waals surface area (Å²) < 4.78 is 45.1. The third kappa shape index (κ3) is 6.82. The smallest absolute Gasteiger partial charge is 0.475 e. The van der Waals surface area contributed by atoms with Crippen LogP contribution >= 0.6 is 11.6 Å². The van der Waals surface area contributed by atoms with Gasteiger partial charge in [-0.1, -0.05) is 54.1 Å². The molecule has 0 saturated carbocycles. The van der Waals surface area contributed by atoms with Gasteiger partial charge in [0.2, 0.25) is 5.91 Å². The Kier molecular flexibility index (Phi) is 8.17. The van der Waals surface area contributed by atoms with Crippen molar-refractivity contribution in [3.8, 4) is 11.1 Å². The number of primary amides is 1. The number of aliphatic carboxylic acids is 1. The number of hydrogen-bond acceptors (Lipinski definition) is 2. The zero-order valence-electron chi connectivity index (χ0n) is 18.4. The van der Waals surface area contributed by atoms with Crippen molar-refractivity contribution in [2.24, 2.45) is 11.7 Å². The Morgan fingerprint density at radius 3 is 2.23 bits per heavy atom. The van der Waals surface area contributed by atoms with Crippen LogP contribution in [0.2, 0.25) is 5.02 Å². The predicted molar refractivity (Wildman–Crippen MR) is 125 cm³/mol. The van der Waals surface area contributed by atoms with Crippen LogP contribution in [0.25, 0.3) is 11.1 Å². The lowest BCUT2D eigenvalue weighted by atomic mass is 9.95. The Bertz CT molecular complexity index is 1230. The number of carboxylic acid groups (broad SMARTS) is 1. The number of nitrogens with two attached hydrogens (primary N) is 1. The van der Waals surface area contributed by atoms with Crippen LogP contribution in [0.5, 0.6) is 0 Å². The van der Waals surface area contributed by atoms with Crippen LogP contribution in [0.4, 0.5) is 17.6 Å². The van der Waals surface area contributed by atoms with Crippen molar-refractivity contribution in [3.05, 3.63) is 93.8 Å². The summed E-state index contributed by atoms with van der Waals surface area (Å²) in [6.45, 7) is 0. The average molecular weight is 508 g/mol. The van der Waals surface area contributed by atoms with Gasteiger partial charge in [0.05, 0.1) is 10.6 Å². The zero-order chi connectivity index (χ0) is 25.8. The van der Waals surface area contributed by atoms with Gasteiger partial charge in [0.1, 0.15) is 5.82 Å². The van der Waals surface area contributed by atoms with E-state index in [2.05, 4.69) is 12.1 Å². The van der Waals surface area contributed by atoms with E-state index in [0.29, 0.717) is 16.5 Å². The minimum Gasteiger partial charge on any atom is -0.475 e. The molecule has 1 amide bonds. The number of alkyl halides is 3. The number of carbonyl (C=O) groups excluding carboxylic acids is 1. The standard InChI is InChI=1S/C24H21ClFNO.C2HF3O2/c25-23-21(2-1-3-22(23)24(27)28)17-8-6-15(7-9-17)4-5-16-12-18-10-11-20(26)14-19(18)13-16;3-2(4,5)1(6)7/h1-3,6-11,14,16H,4-5,12-13H2,(H2,27,28);(H,6,7)/t16-;/m1./s1. The fourth-order valence-corrected chi connectivity index (χ4v) is 4.38. The first-order valence-electron chi connectivity index (χ1n) is 10.7. The summed E-state index contributed by atoms with van der Waals surface area (Å²) in [7, 11) is 0. The lowest BCUT2D eigenvalue weighted by Crippen LogP contribution is -2.21. The summed E-state index contributed by atoms with van der Waals surface area (Å²) in [6, 6.07) is 18.7. The molecule has 1 aliphatic carbocycles. The highest BCUT2D eigenvalue weighted by Crippen LogP contribution is 2.32. The average Bonchev–Trinajstić information content (AvgIpc) is 3.20. The maximum Gasteiger partial charge on any atom is 0.490 e. The molecule has 4 rings (SSSR count). The molecule has 4 nitrogen and oxygen atoms in total. The number of fused-ring (bicyclic) bond motifs is 1. The first-order chi connectivity index (χ1) is 16.5. The summed E-state index contributed by atoms with van der Waals surface area (Å²) in [4.78, 5) is 20.4. The van der Waals surface area contributed by atoms with E-state index in [9.17, 15) is 22.4 Å². The second-order valence-electron chi connectivity index (χ2n) is 8.26. The maximum atomic E-state index is 13.4. The lowest BCUT2D eigenvalue weighted by molar-refractivity contribution is -0.192. The van der Waals surface area contributed by atoms with Gasteiger partial charge in [-0.05, 0) is 72.1 Å². The van der Waals surface area contributed by atoms with Gasteiger partial charge in [-0.3, -0.25) is 4.79 Å². The minimum absolute atomic E-state index is 0.144. The number of carbonyl (C=O) groups is 2. The topological polar surface area (TPSA) is 80.4 Å². The van der Waals surface area contributed by atoms with Crippen molar-refractivity contribution in [1.29, 1.82) is 0 Å². The van der Waals surface area contributed by atoms with Gasteiger partial charge >= 0.3 is 12.1 Å². The van der Waals surface area contributed by atoms with Crippen molar-refractivity contribution < 1.29 is 32.3 Å². The summed E-state index contributed by atoms with van der Waals surface area (Å²) in [5, 5.41) is 7.51. The monoisotopic (exact) mass is 507 g/mol. The van der Waals surface area contributed by atoms with Crippen molar-refractivity contribution >= 4 is 23.5 Å². The van der Waals surface area contributed by atoms with Gasteiger partial charge in [0.15, 0.2) is 0 Å². The Balaban J connectivity index is 0.000000429. The van der Waals surface area contributed by atoms with Crippen LogP contribution in [0, 0.1) is 11.7 Å². The number of halogens is 5. The molecule has 0 aliphatic heterocycles. The predicted octanol–water partition coefficient (Wildman–Crippen LogP) is 6.23. The van der Waals surface area contributed by atoms with Gasteiger partial charge in [-0.2, -0.15) is 13.2 Å². The van der Waals surface area contributed by atoms with E-state index in [4.69, 9.17) is 27.2 Å². The van der Waals surface area contributed by atoms with E-state index in [-0.39, 0.29) is 5.82 Å². The van der Waals surface area contributed by atoms with E-state index < -0.39 is 18.1 Å². The molecule has 0 bridgehead atoms. The Labute approximate surface area is 204 Å². The molecule has 0 spiro atoms. The molecule has 1 atom stereocenters. The molecular formula is C26H22ClF4NO3. The van der Waals surface area contributed by atoms with Crippen molar-refractivity contribution in [2.45, 2.75) is 31.9 Å². The normalized spacial score (nSPS) is 14.6. The molecule has 0 radical (unpaired) electrons. The van der Waals surface area contributed by atoms with Crippen LogP contribution in [0.15, 0.2) is 60.7 Å². The van der Waals surface area contributed by atoms with Crippen molar-refractivity contribution in [2.75, 3.05) is 0 Å². The number of hydrogen-bond donors (Lipinski definition) is 2. The molecule has 0 saturated heterocycles. The van der Waals surface area contributed by atoms with Gasteiger partial charge < -0.3 is 10.8 Å². The fraction of sp³-hybridized carbons (Fsp3) is 0.231. The molecule has 1 aliphatic rings. The SMILES string of the molecule is NC(=O)c1cccc(-c2ccc(CC[C@@H]3Cc4ccc(F)cc4C3)cc2)c1Cl.O=C(O)C(F)(F)F. The molecule has 3 aromatic rings. The van der Waals surface area contributed by atoms with Crippen molar-refractivity contribution in [1.82, 2.24) is 0 Å². The molecule has 35 heavy (non-hydrogen) atoms. The van der Waals surface area contributed by atoms with Crippen LogP contribution in [-0.2, 0) is 24.1 Å². The molecule has 3 N–H and O–H groups in total. The molecule has 3 aromatic carbocycles. The number of carboxylic acids is 1. The molecule has 0 fully saturated rings. The summed E-state index contributed by atoms with van der Waals surface area (Å²) >= 11 is 6.35. The van der Waals surface area contributed by atoms with E-state index in [1.807, 2.05) is 24.3 Å². The lowest BCUT2D eigenvalue weighted by Gasteiger charge is -2.11. The van der Waals surface area contributed by atoms with Gasteiger partial charge in [0.25, 0.3) is 0 Å². The highest BCUT2D eigenvalue weighted by atomic mass is 35.5. The molecule has 9 heteroatoms. The summed E-state index contributed by atoms with van der Waals surface area (Å²) in [5.41, 5.74) is 11.2. The molecule has 0 unspecified atom stereocenters. The Morgan fingerprint density at radius 1 is 1.00 bits per heavy atom. The number of aryl methyl sites for hydroxylation is 1. The highest BCUT2D eigenvalue weighted by Gasteiger charge is 2.38. The third-order valence-corrected chi connectivity index (χ3v) is 6.21. The van der Waals surface area contributed by atoms with E-state index in [1.165, 1.54) is 11.1 Å².